The van der Waals surface area contributed by atoms with Crippen LogP contribution in [0.3, 0.4) is 0 Å². The zero-order valence-corrected chi connectivity index (χ0v) is 11.3. The van der Waals surface area contributed by atoms with Gasteiger partial charge in [0.15, 0.2) is 0 Å². The molecule has 1 aromatic rings. The van der Waals surface area contributed by atoms with E-state index in [0.717, 1.165) is 24.5 Å². The molecule has 0 aliphatic heterocycles. The number of nitrogen functional groups attached to an aromatic ring is 1. The van der Waals surface area contributed by atoms with Crippen molar-refractivity contribution in [3.8, 4) is 0 Å². The highest BCUT2D eigenvalue weighted by molar-refractivity contribution is 5.75. The molecule has 1 heterocycles. The highest BCUT2D eigenvalue weighted by Gasteiger charge is 2.13. The van der Waals surface area contributed by atoms with Crippen LogP contribution in [0.5, 0.6) is 0 Å². The van der Waals surface area contributed by atoms with Crippen LogP contribution in [0.1, 0.15) is 26.0 Å². The van der Waals surface area contributed by atoms with E-state index in [1.807, 2.05) is 24.0 Å². The molecule has 0 bridgehead atoms. The predicted octanol–water partition coefficient (Wildman–Crippen LogP) is 1.75. The molecule has 1 aromatic heterocycles. The lowest BCUT2D eigenvalue weighted by molar-refractivity contribution is -0.141. The van der Waals surface area contributed by atoms with Gasteiger partial charge in [-0.25, -0.2) is 4.98 Å². The molecule has 0 fully saturated rings. The third kappa shape index (κ3) is 3.91. The lowest BCUT2D eigenvalue weighted by Gasteiger charge is -2.22. The van der Waals surface area contributed by atoms with Gasteiger partial charge in [0.05, 0.1) is 18.0 Å². The quantitative estimate of drug-likeness (QED) is 0.780. The molecule has 18 heavy (non-hydrogen) atoms. The number of carbonyl (C=O) groups is 1. The molecule has 5 nitrogen and oxygen atoms in total. The molecule has 0 amide bonds. The highest BCUT2D eigenvalue weighted by atomic mass is 16.5. The minimum Gasteiger partial charge on any atom is -0.465 e. The fourth-order valence-corrected chi connectivity index (χ4v) is 1.64. The first-order valence-electron chi connectivity index (χ1n) is 6.22. The summed E-state index contributed by atoms with van der Waals surface area (Å²) < 4.78 is 4.96. The summed E-state index contributed by atoms with van der Waals surface area (Å²) in [6, 6.07) is 3.64. The van der Waals surface area contributed by atoms with Gasteiger partial charge in [-0.15, -0.1) is 0 Å². The van der Waals surface area contributed by atoms with Crippen molar-refractivity contribution in [2.75, 3.05) is 30.3 Å². The second kappa shape index (κ2) is 6.83. The monoisotopic (exact) mass is 251 g/mol. The number of hydrogen-bond acceptors (Lipinski definition) is 5. The summed E-state index contributed by atoms with van der Waals surface area (Å²) in [5.41, 5.74) is 7.17. The van der Waals surface area contributed by atoms with E-state index in [2.05, 4.69) is 11.9 Å². The van der Waals surface area contributed by atoms with Gasteiger partial charge in [0.25, 0.3) is 0 Å². The van der Waals surface area contributed by atoms with Crippen molar-refractivity contribution in [3.05, 3.63) is 17.8 Å². The van der Waals surface area contributed by atoms with Gasteiger partial charge in [0.2, 0.25) is 0 Å². The van der Waals surface area contributed by atoms with Crippen molar-refractivity contribution < 1.29 is 9.53 Å². The van der Waals surface area contributed by atoms with E-state index in [-0.39, 0.29) is 12.5 Å². The van der Waals surface area contributed by atoms with Gasteiger partial charge >= 0.3 is 5.97 Å². The molecule has 100 valence electrons. The number of ether oxygens (including phenoxy) is 1. The first-order valence-corrected chi connectivity index (χ1v) is 6.22. The maximum Gasteiger partial charge on any atom is 0.325 e. The van der Waals surface area contributed by atoms with Crippen LogP contribution in [0, 0.1) is 6.92 Å². The Labute approximate surface area is 108 Å². The van der Waals surface area contributed by atoms with Crippen molar-refractivity contribution in [2.45, 2.75) is 27.2 Å². The van der Waals surface area contributed by atoms with Crippen LogP contribution in [0.2, 0.25) is 0 Å². The van der Waals surface area contributed by atoms with Gasteiger partial charge in [0.1, 0.15) is 12.4 Å². The number of carbonyl (C=O) groups excluding carboxylic acids is 1. The summed E-state index contributed by atoms with van der Waals surface area (Å²) in [5, 5.41) is 0. The molecule has 0 aromatic carbocycles. The van der Waals surface area contributed by atoms with E-state index in [1.54, 1.807) is 6.92 Å². The molecular formula is C13H21N3O2. The molecule has 0 aliphatic carbocycles. The summed E-state index contributed by atoms with van der Waals surface area (Å²) in [6.45, 7) is 7.09. The molecule has 0 aliphatic rings. The number of hydrogen-bond donors (Lipinski definition) is 1. The van der Waals surface area contributed by atoms with Gasteiger partial charge in [-0.2, -0.15) is 0 Å². The summed E-state index contributed by atoms with van der Waals surface area (Å²) in [4.78, 5) is 17.8. The van der Waals surface area contributed by atoms with Gasteiger partial charge in [-0.1, -0.05) is 6.92 Å². The third-order valence-corrected chi connectivity index (χ3v) is 2.55. The normalized spacial score (nSPS) is 10.2. The molecule has 2 N–H and O–H groups in total. The number of anilines is 2. The van der Waals surface area contributed by atoms with Crippen molar-refractivity contribution >= 4 is 17.5 Å². The van der Waals surface area contributed by atoms with Crippen LogP contribution in [0.15, 0.2) is 12.1 Å². The number of nitrogens with two attached hydrogens (primary N) is 1. The van der Waals surface area contributed by atoms with Crippen molar-refractivity contribution in [3.63, 3.8) is 0 Å². The molecule has 0 saturated carbocycles. The maximum absolute atomic E-state index is 11.5. The fraction of sp³-hybridized carbons (Fsp3) is 0.538. The molecule has 0 saturated heterocycles. The largest absolute Gasteiger partial charge is 0.465 e. The molecule has 0 radical (unpaired) electrons. The minimum atomic E-state index is -0.234. The Hall–Kier alpha value is -1.78. The highest BCUT2D eigenvalue weighted by Crippen LogP contribution is 2.16. The predicted molar refractivity (Wildman–Crippen MR) is 72.5 cm³/mol. The van der Waals surface area contributed by atoms with E-state index < -0.39 is 0 Å². The van der Waals surface area contributed by atoms with E-state index in [9.17, 15) is 4.79 Å². The van der Waals surface area contributed by atoms with Crippen LogP contribution in [-0.4, -0.2) is 30.6 Å². The van der Waals surface area contributed by atoms with E-state index in [4.69, 9.17) is 10.5 Å². The standard InChI is InChI=1S/C13H21N3O2/c1-4-8-16(9-13(17)18-5-2)12-7-6-11(14)10(3)15-12/h6-7H,4-5,8-9,14H2,1-3H3. The van der Waals surface area contributed by atoms with Gasteiger partial charge < -0.3 is 15.4 Å². The van der Waals surface area contributed by atoms with Crippen LogP contribution in [-0.2, 0) is 9.53 Å². The number of rotatable bonds is 6. The fourth-order valence-electron chi connectivity index (χ4n) is 1.64. The van der Waals surface area contributed by atoms with Crippen LogP contribution in [0.4, 0.5) is 11.5 Å². The van der Waals surface area contributed by atoms with E-state index in [1.165, 1.54) is 0 Å². The number of aryl methyl sites for hydroxylation is 1. The average molecular weight is 251 g/mol. The molecule has 5 heteroatoms. The Morgan fingerprint density at radius 2 is 2.17 bits per heavy atom. The van der Waals surface area contributed by atoms with E-state index in [0.29, 0.717) is 12.3 Å². The minimum absolute atomic E-state index is 0.220. The maximum atomic E-state index is 11.5. The topological polar surface area (TPSA) is 68.5 Å². The molecule has 1 rings (SSSR count). The molecular weight excluding hydrogens is 230 g/mol. The van der Waals surface area contributed by atoms with Crippen molar-refractivity contribution in [1.29, 1.82) is 0 Å². The van der Waals surface area contributed by atoms with E-state index >= 15 is 0 Å². The summed E-state index contributed by atoms with van der Waals surface area (Å²) in [7, 11) is 0. The van der Waals surface area contributed by atoms with Gasteiger partial charge in [-0.3, -0.25) is 4.79 Å². The molecule has 0 unspecified atom stereocenters. The first kappa shape index (κ1) is 14.3. The Morgan fingerprint density at radius 3 is 2.72 bits per heavy atom. The second-order valence-corrected chi connectivity index (χ2v) is 4.07. The summed E-state index contributed by atoms with van der Waals surface area (Å²) in [6.07, 6.45) is 0.935. The lowest BCUT2D eigenvalue weighted by atomic mass is 10.3. The number of pyridine rings is 1. The van der Waals surface area contributed by atoms with Gasteiger partial charge in [-0.05, 0) is 32.4 Å². The molecule has 0 atom stereocenters. The average Bonchev–Trinajstić information content (AvgIpc) is 2.32. The Balaban J connectivity index is 2.82. The number of aromatic nitrogens is 1. The zero-order chi connectivity index (χ0) is 13.5. The first-order chi connectivity index (χ1) is 8.58. The number of nitrogens with zero attached hydrogens (tertiary/aromatic N) is 2. The smallest absolute Gasteiger partial charge is 0.325 e. The van der Waals surface area contributed by atoms with Crippen molar-refractivity contribution in [1.82, 2.24) is 4.98 Å². The Bertz CT molecular complexity index is 407. The third-order valence-electron chi connectivity index (χ3n) is 2.55. The zero-order valence-electron chi connectivity index (χ0n) is 11.3. The SMILES string of the molecule is CCCN(CC(=O)OCC)c1ccc(N)c(C)n1. The van der Waals surface area contributed by atoms with Crippen LogP contribution >= 0.6 is 0 Å². The summed E-state index contributed by atoms with van der Waals surface area (Å²) in [5.74, 6) is 0.527. The molecule has 0 spiro atoms. The number of esters is 1. The lowest BCUT2D eigenvalue weighted by Crippen LogP contribution is -2.32. The van der Waals surface area contributed by atoms with Crippen LogP contribution < -0.4 is 10.6 Å². The summed E-state index contributed by atoms with van der Waals surface area (Å²) >= 11 is 0. The Kier molecular flexibility index (Phi) is 5.42. The Morgan fingerprint density at radius 1 is 1.44 bits per heavy atom. The van der Waals surface area contributed by atoms with Crippen LogP contribution in [0.25, 0.3) is 0 Å². The van der Waals surface area contributed by atoms with Crippen molar-refractivity contribution in [2.24, 2.45) is 0 Å². The van der Waals surface area contributed by atoms with Gasteiger partial charge in [0, 0.05) is 6.54 Å². The second-order valence-electron chi connectivity index (χ2n) is 4.07.